The van der Waals surface area contributed by atoms with E-state index in [1.807, 2.05) is 30.3 Å². The molecule has 0 N–H and O–H groups in total. The number of carbonyl (C=O) groups excluding carboxylic acids is 1. The van der Waals surface area contributed by atoms with Gasteiger partial charge in [-0.3, -0.25) is 9.48 Å². The van der Waals surface area contributed by atoms with Crippen molar-refractivity contribution in [2.24, 2.45) is 7.05 Å². The van der Waals surface area contributed by atoms with Crippen LogP contribution in [-0.2, 0) is 13.2 Å². The van der Waals surface area contributed by atoms with Crippen molar-refractivity contribution in [2.75, 3.05) is 31.1 Å². The number of halogens is 3. The number of piperazine rings is 1. The zero-order valence-corrected chi connectivity index (χ0v) is 13.1. The van der Waals surface area contributed by atoms with E-state index in [2.05, 4.69) is 10.00 Å². The van der Waals surface area contributed by atoms with Crippen LogP contribution in [0.25, 0.3) is 0 Å². The SMILES string of the molecule is Cn1nc(C(=O)N2CCN(c3ccccc3)CC2)cc1C(F)(F)F. The molecule has 1 aromatic heterocycles. The minimum atomic E-state index is -4.52. The van der Waals surface area contributed by atoms with Crippen molar-refractivity contribution >= 4 is 11.6 Å². The predicted octanol–water partition coefficient (Wildman–Crippen LogP) is 2.40. The highest BCUT2D eigenvalue weighted by atomic mass is 19.4. The van der Waals surface area contributed by atoms with E-state index in [9.17, 15) is 18.0 Å². The molecule has 0 saturated carbocycles. The largest absolute Gasteiger partial charge is 0.433 e. The van der Waals surface area contributed by atoms with Crippen molar-refractivity contribution in [1.82, 2.24) is 14.7 Å². The number of benzene rings is 1. The Morgan fingerprint density at radius 3 is 2.25 bits per heavy atom. The summed E-state index contributed by atoms with van der Waals surface area (Å²) in [6.45, 7) is 2.17. The number of amides is 1. The van der Waals surface area contributed by atoms with Gasteiger partial charge in [0.1, 0.15) is 5.69 Å². The Labute approximate surface area is 137 Å². The first-order valence-corrected chi connectivity index (χ1v) is 7.57. The summed E-state index contributed by atoms with van der Waals surface area (Å²) in [5.41, 5.74) is -0.0199. The molecule has 5 nitrogen and oxygen atoms in total. The topological polar surface area (TPSA) is 41.4 Å². The molecule has 0 aliphatic carbocycles. The van der Waals surface area contributed by atoms with E-state index >= 15 is 0 Å². The van der Waals surface area contributed by atoms with E-state index in [0.29, 0.717) is 30.9 Å². The Balaban J connectivity index is 1.68. The van der Waals surface area contributed by atoms with E-state index in [-0.39, 0.29) is 5.69 Å². The summed E-state index contributed by atoms with van der Waals surface area (Å²) in [6.07, 6.45) is -4.52. The summed E-state index contributed by atoms with van der Waals surface area (Å²) in [4.78, 5) is 16.1. The van der Waals surface area contributed by atoms with Gasteiger partial charge in [0.15, 0.2) is 5.69 Å². The summed E-state index contributed by atoms with van der Waals surface area (Å²) < 4.78 is 39.1. The molecule has 1 aromatic carbocycles. The summed E-state index contributed by atoms with van der Waals surface area (Å²) in [5, 5.41) is 3.72. The first-order valence-electron chi connectivity index (χ1n) is 7.57. The molecule has 24 heavy (non-hydrogen) atoms. The molecule has 128 valence electrons. The predicted molar refractivity (Wildman–Crippen MR) is 82.8 cm³/mol. The quantitative estimate of drug-likeness (QED) is 0.844. The maximum atomic E-state index is 12.8. The van der Waals surface area contributed by atoms with Gasteiger partial charge in [0.25, 0.3) is 5.91 Å². The lowest BCUT2D eigenvalue weighted by Gasteiger charge is -2.35. The molecule has 0 unspecified atom stereocenters. The van der Waals surface area contributed by atoms with Crippen LogP contribution in [0, 0.1) is 0 Å². The number of nitrogens with zero attached hydrogens (tertiary/aromatic N) is 4. The second kappa shape index (κ2) is 6.18. The lowest BCUT2D eigenvalue weighted by Crippen LogP contribution is -2.48. The van der Waals surface area contributed by atoms with Crippen molar-refractivity contribution in [3.63, 3.8) is 0 Å². The minimum absolute atomic E-state index is 0.169. The van der Waals surface area contributed by atoms with Crippen molar-refractivity contribution in [3.05, 3.63) is 47.8 Å². The van der Waals surface area contributed by atoms with Crippen LogP contribution in [0.15, 0.2) is 36.4 Å². The molecule has 0 radical (unpaired) electrons. The number of para-hydroxylation sites is 1. The maximum absolute atomic E-state index is 12.8. The molecule has 1 aliphatic rings. The smallest absolute Gasteiger partial charge is 0.368 e. The van der Waals surface area contributed by atoms with Crippen molar-refractivity contribution in [1.29, 1.82) is 0 Å². The van der Waals surface area contributed by atoms with Gasteiger partial charge >= 0.3 is 6.18 Å². The summed E-state index contributed by atoms with van der Waals surface area (Å²) >= 11 is 0. The van der Waals surface area contributed by atoms with Gasteiger partial charge in [-0.05, 0) is 12.1 Å². The second-order valence-corrected chi connectivity index (χ2v) is 5.65. The Kier molecular flexibility index (Phi) is 4.21. The van der Waals surface area contributed by atoms with Crippen LogP contribution < -0.4 is 4.90 Å². The number of alkyl halides is 3. The second-order valence-electron chi connectivity index (χ2n) is 5.65. The third-order valence-corrected chi connectivity index (χ3v) is 4.08. The fourth-order valence-corrected chi connectivity index (χ4v) is 2.81. The van der Waals surface area contributed by atoms with Crippen LogP contribution in [0.3, 0.4) is 0 Å². The van der Waals surface area contributed by atoms with E-state index in [0.717, 1.165) is 11.8 Å². The number of anilines is 1. The van der Waals surface area contributed by atoms with E-state index in [1.165, 1.54) is 7.05 Å². The highest BCUT2D eigenvalue weighted by molar-refractivity contribution is 5.92. The van der Waals surface area contributed by atoms with E-state index in [4.69, 9.17) is 0 Å². The van der Waals surface area contributed by atoms with E-state index in [1.54, 1.807) is 4.90 Å². The molecule has 2 heterocycles. The summed E-state index contributed by atoms with van der Waals surface area (Å²) in [5.74, 6) is -0.464. The van der Waals surface area contributed by atoms with Gasteiger partial charge in [0.2, 0.25) is 0 Å². The molecule has 0 spiro atoms. The van der Waals surface area contributed by atoms with Crippen molar-refractivity contribution in [3.8, 4) is 0 Å². The lowest BCUT2D eigenvalue weighted by atomic mass is 10.2. The van der Waals surface area contributed by atoms with Crippen molar-refractivity contribution < 1.29 is 18.0 Å². The van der Waals surface area contributed by atoms with Crippen LogP contribution in [0.5, 0.6) is 0 Å². The number of aryl methyl sites for hydroxylation is 1. The van der Waals surface area contributed by atoms with Crippen LogP contribution in [0.2, 0.25) is 0 Å². The molecule has 1 amide bonds. The van der Waals surface area contributed by atoms with Crippen LogP contribution in [0.1, 0.15) is 16.2 Å². The number of carbonyl (C=O) groups is 1. The van der Waals surface area contributed by atoms with Gasteiger partial charge in [-0.1, -0.05) is 18.2 Å². The normalized spacial score (nSPS) is 15.7. The van der Waals surface area contributed by atoms with Gasteiger partial charge in [-0.2, -0.15) is 18.3 Å². The first-order chi connectivity index (χ1) is 11.4. The Morgan fingerprint density at radius 1 is 1.08 bits per heavy atom. The fourth-order valence-electron chi connectivity index (χ4n) is 2.81. The highest BCUT2D eigenvalue weighted by Crippen LogP contribution is 2.29. The fraction of sp³-hybridized carbons (Fsp3) is 0.375. The molecular weight excluding hydrogens is 321 g/mol. The van der Waals surface area contributed by atoms with Crippen LogP contribution in [-0.4, -0.2) is 46.8 Å². The molecule has 1 fully saturated rings. The van der Waals surface area contributed by atoms with Crippen LogP contribution in [0.4, 0.5) is 18.9 Å². The molecule has 3 rings (SSSR count). The molecule has 0 atom stereocenters. The van der Waals surface area contributed by atoms with E-state index < -0.39 is 17.8 Å². The third-order valence-electron chi connectivity index (χ3n) is 4.08. The number of aromatic nitrogens is 2. The Bertz CT molecular complexity index is 719. The first kappa shape index (κ1) is 16.4. The van der Waals surface area contributed by atoms with Crippen LogP contribution >= 0.6 is 0 Å². The Hall–Kier alpha value is -2.51. The standard InChI is InChI=1S/C16H17F3N4O/c1-21-14(16(17,18)19)11-13(20-21)15(24)23-9-7-22(8-10-23)12-5-3-2-4-6-12/h2-6,11H,7-10H2,1H3. The highest BCUT2D eigenvalue weighted by Gasteiger charge is 2.36. The average Bonchev–Trinajstić information content (AvgIpc) is 2.97. The molecule has 1 aliphatic heterocycles. The van der Waals surface area contributed by atoms with Gasteiger partial charge in [-0.25, -0.2) is 0 Å². The number of hydrogen-bond donors (Lipinski definition) is 0. The van der Waals surface area contributed by atoms with Gasteiger partial charge in [0, 0.05) is 45.0 Å². The molecule has 1 saturated heterocycles. The van der Waals surface area contributed by atoms with Gasteiger partial charge in [-0.15, -0.1) is 0 Å². The van der Waals surface area contributed by atoms with Crippen molar-refractivity contribution in [2.45, 2.75) is 6.18 Å². The number of hydrogen-bond acceptors (Lipinski definition) is 3. The molecular formula is C16H17F3N4O. The molecule has 8 heteroatoms. The summed E-state index contributed by atoms with van der Waals surface area (Å²) in [7, 11) is 1.19. The van der Waals surface area contributed by atoms with Gasteiger partial charge in [0.05, 0.1) is 0 Å². The zero-order valence-electron chi connectivity index (χ0n) is 13.1. The monoisotopic (exact) mass is 338 g/mol. The molecule has 0 bridgehead atoms. The summed E-state index contributed by atoms with van der Waals surface area (Å²) in [6, 6.07) is 10.6. The maximum Gasteiger partial charge on any atom is 0.433 e. The Morgan fingerprint density at radius 2 is 1.71 bits per heavy atom. The minimum Gasteiger partial charge on any atom is -0.368 e. The third kappa shape index (κ3) is 3.22. The zero-order chi connectivity index (χ0) is 17.3. The number of rotatable bonds is 2. The average molecular weight is 338 g/mol. The molecule has 2 aromatic rings. The van der Waals surface area contributed by atoms with Gasteiger partial charge < -0.3 is 9.80 Å². The lowest BCUT2D eigenvalue weighted by molar-refractivity contribution is -0.143.